The van der Waals surface area contributed by atoms with Crippen molar-refractivity contribution in [3.8, 4) is 11.4 Å². The van der Waals surface area contributed by atoms with E-state index < -0.39 is 0 Å². The van der Waals surface area contributed by atoms with E-state index in [4.69, 9.17) is 11.6 Å². The molecule has 0 bridgehead atoms. The molecule has 1 aromatic carbocycles. The van der Waals surface area contributed by atoms with E-state index >= 15 is 0 Å². The maximum Gasteiger partial charge on any atom is 0.132 e. The summed E-state index contributed by atoms with van der Waals surface area (Å²) in [7, 11) is 0. The van der Waals surface area contributed by atoms with Gasteiger partial charge in [0, 0.05) is 22.0 Å². The van der Waals surface area contributed by atoms with Crippen molar-refractivity contribution in [2.24, 2.45) is 0 Å². The normalized spacial score (nSPS) is 11.1. The highest BCUT2D eigenvalue weighted by Gasteiger charge is 2.09. The zero-order chi connectivity index (χ0) is 13.4. The zero-order valence-corrected chi connectivity index (χ0v) is 11.6. The fraction of sp³-hybridized carbons (Fsp3) is 0.0714. The van der Waals surface area contributed by atoms with Crippen LogP contribution in [0.5, 0.6) is 0 Å². The average Bonchev–Trinajstić information content (AvgIpc) is 2.85. The van der Waals surface area contributed by atoms with Gasteiger partial charge in [-0.1, -0.05) is 17.7 Å². The Kier molecular flexibility index (Phi) is 3.21. The van der Waals surface area contributed by atoms with Crippen molar-refractivity contribution in [3.63, 3.8) is 0 Å². The lowest BCUT2D eigenvalue weighted by molar-refractivity contribution is 0.640. The summed E-state index contributed by atoms with van der Waals surface area (Å²) < 4.78 is 13.7. The summed E-state index contributed by atoms with van der Waals surface area (Å²) in [6.45, 7) is 0. The van der Waals surface area contributed by atoms with E-state index in [9.17, 15) is 4.39 Å². The number of hydrogen-bond acceptors (Lipinski definition) is 2. The maximum atomic E-state index is 13.7. The molecule has 0 unspecified atom stereocenters. The van der Waals surface area contributed by atoms with Crippen molar-refractivity contribution in [2.45, 2.75) is 4.90 Å². The molecule has 0 atom stereocenters. The Morgan fingerprint density at radius 1 is 1.32 bits per heavy atom. The number of halogens is 2. The van der Waals surface area contributed by atoms with Gasteiger partial charge in [0.2, 0.25) is 0 Å². The maximum absolute atomic E-state index is 13.7. The number of thioether (sulfide) groups is 1. The van der Waals surface area contributed by atoms with Crippen molar-refractivity contribution in [3.05, 3.63) is 47.4 Å². The van der Waals surface area contributed by atoms with Gasteiger partial charge in [0.25, 0.3) is 0 Å². The Morgan fingerprint density at radius 3 is 2.89 bits per heavy atom. The molecule has 0 amide bonds. The van der Waals surface area contributed by atoms with Crippen LogP contribution in [0.15, 0.2) is 41.4 Å². The zero-order valence-electron chi connectivity index (χ0n) is 10.1. The van der Waals surface area contributed by atoms with E-state index in [1.54, 1.807) is 30.1 Å². The Labute approximate surface area is 119 Å². The molecule has 19 heavy (non-hydrogen) atoms. The third kappa shape index (κ3) is 2.22. The summed E-state index contributed by atoms with van der Waals surface area (Å²) in [5.74, 6) is -0.237. The molecule has 1 N–H and O–H groups in total. The molecule has 96 valence electrons. The van der Waals surface area contributed by atoms with Gasteiger partial charge in [0.15, 0.2) is 0 Å². The third-order valence-corrected chi connectivity index (χ3v) is 4.12. The Hall–Kier alpha value is -1.52. The monoisotopic (exact) mass is 292 g/mol. The molecule has 0 radical (unpaired) electrons. The van der Waals surface area contributed by atoms with E-state index in [0.717, 1.165) is 21.8 Å². The van der Waals surface area contributed by atoms with Crippen LogP contribution in [-0.2, 0) is 0 Å². The van der Waals surface area contributed by atoms with E-state index in [1.807, 2.05) is 18.4 Å². The third-order valence-electron chi connectivity index (χ3n) is 2.93. The second-order valence-corrected chi connectivity index (χ2v) is 5.34. The van der Waals surface area contributed by atoms with Gasteiger partial charge in [-0.2, -0.15) is 0 Å². The Bertz CT molecular complexity index is 754. The van der Waals surface area contributed by atoms with Crippen LogP contribution in [0, 0.1) is 5.82 Å². The minimum atomic E-state index is -0.237. The molecule has 0 aliphatic carbocycles. The van der Waals surface area contributed by atoms with Gasteiger partial charge < -0.3 is 4.98 Å². The van der Waals surface area contributed by atoms with E-state index in [0.29, 0.717) is 10.4 Å². The molecule has 5 heteroatoms. The molecule has 2 heterocycles. The number of fused-ring (bicyclic) bond motifs is 1. The first-order valence-electron chi connectivity index (χ1n) is 5.66. The van der Waals surface area contributed by atoms with Gasteiger partial charge in [-0.3, -0.25) is 4.98 Å². The largest absolute Gasteiger partial charge is 0.353 e. The van der Waals surface area contributed by atoms with Crippen LogP contribution >= 0.6 is 23.4 Å². The van der Waals surface area contributed by atoms with Crippen LogP contribution in [0.1, 0.15) is 0 Å². The molecule has 3 rings (SSSR count). The van der Waals surface area contributed by atoms with Crippen LogP contribution in [-0.4, -0.2) is 16.2 Å². The summed E-state index contributed by atoms with van der Waals surface area (Å²) in [5, 5.41) is 1.19. The van der Waals surface area contributed by atoms with Gasteiger partial charge in [-0.15, -0.1) is 11.8 Å². The minimum Gasteiger partial charge on any atom is -0.353 e. The number of aromatic nitrogens is 2. The predicted molar refractivity (Wildman–Crippen MR) is 78.3 cm³/mol. The fourth-order valence-electron chi connectivity index (χ4n) is 1.98. The highest BCUT2D eigenvalue weighted by atomic mass is 35.5. The first kappa shape index (κ1) is 12.5. The smallest absolute Gasteiger partial charge is 0.132 e. The fourth-order valence-corrected chi connectivity index (χ4v) is 2.79. The molecule has 0 saturated carbocycles. The molecule has 0 saturated heterocycles. The number of H-pyrrole nitrogens is 1. The van der Waals surface area contributed by atoms with Gasteiger partial charge in [-0.25, -0.2) is 4.39 Å². The lowest BCUT2D eigenvalue weighted by atomic mass is 10.2. The Morgan fingerprint density at radius 2 is 2.16 bits per heavy atom. The molecule has 0 aliphatic rings. The summed E-state index contributed by atoms with van der Waals surface area (Å²) in [6, 6.07) is 8.64. The number of nitrogens with one attached hydrogen (secondary N) is 1. The van der Waals surface area contributed by atoms with Crippen LogP contribution < -0.4 is 0 Å². The quantitative estimate of drug-likeness (QED) is 0.691. The number of nitrogens with zero attached hydrogens (tertiary/aromatic N) is 1. The standard InChI is InChI=1S/C14H10ClFN2S/c1-19-14-6-12(17-7-9(14)15)13-5-8-10(16)3-2-4-11(8)18-13/h2-7,18H,1H3. The summed E-state index contributed by atoms with van der Waals surface area (Å²) in [4.78, 5) is 8.40. The van der Waals surface area contributed by atoms with Crippen molar-refractivity contribution in [1.82, 2.24) is 9.97 Å². The Balaban J connectivity index is 2.16. The van der Waals surface area contributed by atoms with Crippen molar-refractivity contribution in [2.75, 3.05) is 6.26 Å². The van der Waals surface area contributed by atoms with Gasteiger partial charge >= 0.3 is 0 Å². The van der Waals surface area contributed by atoms with Crippen molar-refractivity contribution >= 4 is 34.3 Å². The van der Waals surface area contributed by atoms with E-state index in [-0.39, 0.29) is 5.82 Å². The lowest BCUT2D eigenvalue weighted by Gasteiger charge is -2.02. The molecular formula is C14H10ClFN2S. The van der Waals surface area contributed by atoms with Crippen LogP contribution in [0.2, 0.25) is 5.02 Å². The minimum absolute atomic E-state index is 0.237. The first-order valence-corrected chi connectivity index (χ1v) is 7.26. The summed E-state index contributed by atoms with van der Waals surface area (Å²) in [5.41, 5.74) is 2.30. The van der Waals surface area contributed by atoms with Crippen molar-refractivity contribution in [1.29, 1.82) is 0 Å². The van der Waals surface area contributed by atoms with Gasteiger partial charge in [0.1, 0.15) is 5.82 Å². The van der Waals surface area contributed by atoms with Gasteiger partial charge in [0.05, 0.1) is 16.4 Å². The number of aromatic amines is 1. The lowest BCUT2D eigenvalue weighted by Crippen LogP contribution is -1.85. The molecule has 3 aromatic rings. The summed E-state index contributed by atoms with van der Waals surface area (Å²) in [6.07, 6.45) is 3.57. The second kappa shape index (κ2) is 4.87. The SMILES string of the molecule is CSc1cc(-c2cc3c(F)cccc3[nH]2)ncc1Cl. The van der Waals surface area contributed by atoms with Crippen molar-refractivity contribution < 1.29 is 4.39 Å². The second-order valence-electron chi connectivity index (χ2n) is 4.09. The highest BCUT2D eigenvalue weighted by Crippen LogP contribution is 2.30. The number of hydrogen-bond donors (Lipinski definition) is 1. The topological polar surface area (TPSA) is 28.7 Å². The molecule has 2 nitrogen and oxygen atoms in total. The first-order chi connectivity index (χ1) is 9.19. The molecule has 0 fully saturated rings. The number of benzene rings is 1. The predicted octanol–water partition coefficient (Wildman–Crippen LogP) is 4.74. The summed E-state index contributed by atoms with van der Waals surface area (Å²) >= 11 is 7.59. The molecule has 2 aromatic heterocycles. The molecule has 0 aliphatic heterocycles. The molecule has 0 spiro atoms. The number of pyridine rings is 1. The van der Waals surface area contributed by atoms with E-state index in [2.05, 4.69) is 9.97 Å². The van der Waals surface area contributed by atoms with E-state index in [1.165, 1.54) is 6.07 Å². The van der Waals surface area contributed by atoms with Gasteiger partial charge in [-0.05, 0) is 30.5 Å². The van der Waals surface area contributed by atoms with Crippen LogP contribution in [0.4, 0.5) is 4.39 Å². The van der Waals surface area contributed by atoms with Crippen LogP contribution in [0.3, 0.4) is 0 Å². The average molecular weight is 293 g/mol. The van der Waals surface area contributed by atoms with Crippen LogP contribution in [0.25, 0.3) is 22.3 Å². The number of rotatable bonds is 2. The molecular weight excluding hydrogens is 283 g/mol. The highest BCUT2D eigenvalue weighted by molar-refractivity contribution is 7.98.